The number of nitrogens with zero attached hydrogens (tertiary/aromatic N) is 1. The Morgan fingerprint density at radius 3 is 2.70 bits per heavy atom. The lowest BCUT2D eigenvalue weighted by molar-refractivity contribution is -0.130. The van der Waals surface area contributed by atoms with E-state index in [1.165, 1.54) is 4.90 Å². The monoisotopic (exact) mass is 314 g/mol. The standard InChI is InChI=1S/C15H22N2OS.ClH/c1-15(11-16)8-9-17(12-15)14(18)7-10-19-13-5-3-2-4-6-13;/h2-6H,7-12,16H2,1H3;1H. The van der Waals surface area contributed by atoms with Gasteiger partial charge in [0.2, 0.25) is 5.91 Å². The summed E-state index contributed by atoms with van der Waals surface area (Å²) < 4.78 is 0. The van der Waals surface area contributed by atoms with Gasteiger partial charge in [-0.15, -0.1) is 24.2 Å². The summed E-state index contributed by atoms with van der Waals surface area (Å²) in [5, 5.41) is 0. The van der Waals surface area contributed by atoms with Crippen molar-refractivity contribution in [3.05, 3.63) is 30.3 Å². The Balaban J connectivity index is 0.00000200. The van der Waals surface area contributed by atoms with Crippen LogP contribution in [0.3, 0.4) is 0 Å². The summed E-state index contributed by atoms with van der Waals surface area (Å²) in [6.45, 7) is 4.51. The molecule has 0 spiro atoms. The highest BCUT2D eigenvalue weighted by Crippen LogP contribution is 2.29. The molecule has 1 fully saturated rings. The van der Waals surface area contributed by atoms with Crippen molar-refractivity contribution in [1.82, 2.24) is 4.90 Å². The van der Waals surface area contributed by atoms with Crippen LogP contribution < -0.4 is 5.73 Å². The zero-order valence-electron chi connectivity index (χ0n) is 11.9. The van der Waals surface area contributed by atoms with Gasteiger partial charge >= 0.3 is 0 Å². The lowest BCUT2D eigenvalue weighted by Gasteiger charge is -2.22. The van der Waals surface area contributed by atoms with Crippen LogP contribution >= 0.6 is 24.2 Å². The fraction of sp³-hybridized carbons (Fsp3) is 0.533. The molecule has 5 heteroatoms. The van der Waals surface area contributed by atoms with Gasteiger partial charge in [-0.3, -0.25) is 4.79 Å². The fourth-order valence-electron chi connectivity index (χ4n) is 2.33. The Kier molecular flexibility index (Phi) is 6.86. The minimum Gasteiger partial charge on any atom is -0.342 e. The number of carbonyl (C=O) groups is 1. The number of carbonyl (C=O) groups excluding carboxylic acids is 1. The molecule has 1 unspecified atom stereocenters. The first kappa shape index (κ1) is 17.3. The van der Waals surface area contributed by atoms with Crippen molar-refractivity contribution in [1.29, 1.82) is 0 Å². The van der Waals surface area contributed by atoms with Crippen molar-refractivity contribution >= 4 is 30.1 Å². The van der Waals surface area contributed by atoms with Gasteiger partial charge in [-0.2, -0.15) is 0 Å². The predicted molar refractivity (Wildman–Crippen MR) is 87.4 cm³/mol. The second-order valence-electron chi connectivity index (χ2n) is 5.49. The van der Waals surface area contributed by atoms with Gasteiger partial charge in [0.1, 0.15) is 0 Å². The van der Waals surface area contributed by atoms with Crippen LogP contribution in [0.25, 0.3) is 0 Å². The molecule has 0 bridgehead atoms. The summed E-state index contributed by atoms with van der Waals surface area (Å²) in [5.41, 5.74) is 5.89. The average molecular weight is 315 g/mol. The molecule has 1 atom stereocenters. The highest BCUT2D eigenvalue weighted by molar-refractivity contribution is 7.99. The molecule has 1 aromatic rings. The Labute approximate surface area is 131 Å². The third-order valence-electron chi connectivity index (χ3n) is 3.73. The lowest BCUT2D eigenvalue weighted by Crippen LogP contribution is -2.34. The minimum atomic E-state index is 0. The smallest absolute Gasteiger partial charge is 0.223 e. The average Bonchev–Trinajstić information content (AvgIpc) is 2.83. The van der Waals surface area contributed by atoms with Crippen LogP contribution in [0.4, 0.5) is 0 Å². The topological polar surface area (TPSA) is 46.3 Å². The largest absolute Gasteiger partial charge is 0.342 e. The summed E-state index contributed by atoms with van der Waals surface area (Å²) in [6.07, 6.45) is 1.64. The van der Waals surface area contributed by atoms with E-state index in [0.29, 0.717) is 13.0 Å². The molecule has 1 aliphatic heterocycles. The first-order valence-electron chi connectivity index (χ1n) is 6.79. The van der Waals surface area contributed by atoms with Crippen LogP contribution in [-0.2, 0) is 4.79 Å². The molecule has 0 aliphatic carbocycles. The molecular formula is C15H23ClN2OS. The van der Waals surface area contributed by atoms with E-state index in [0.717, 1.165) is 25.3 Å². The fourth-order valence-corrected chi connectivity index (χ4v) is 3.20. The van der Waals surface area contributed by atoms with Gasteiger partial charge in [-0.05, 0) is 30.5 Å². The van der Waals surface area contributed by atoms with Crippen LogP contribution in [0.2, 0.25) is 0 Å². The van der Waals surface area contributed by atoms with Gasteiger partial charge in [0.25, 0.3) is 0 Å². The zero-order valence-corrected chi connectivity index (χ0v) is 13.5. The predicted octanol–water partition coefficient (Wildman–Crippen LogP) is 2.79. The molecular weight excluding hydrogens is 292 g/mol. The number of halogens is 1. The number of likely N-dealkylation sites (tertiary alicyclic amines) is 1. The van der Waals surface area contributed by atoms with Crippen molar-refractivity contribution in [3.63, 3.8) is 0 Å². The number of hydrogen-bond acceptors (Lipinski definition) is 3. The van der Waals surface area contributed by atoms with Crippen LogP contribution in [0.5, 0.6) is 0 Å². The highest BCUT2D eigenvalue weighted by Gasteiger charge is 2.34. The molecule has 0 aromatic heterocycles. The van der Waals surface area contributed by atoms with E-state index >= 15 is 0 Å². The van der Waals surface area contributed by atoms with E-state index < -0.39 is 0 Å². The third-order valence-corrected chi connectivity index (χ3v) is 4.74. The number of amides is 1. The first-order valence-corrected chi connectivity index (χ1v) is 7.77. The molecule has 1 aliphatic rings. The molecule has 2 N–H and O–H groups in total. The summed E-state index contributed by atoms with van der Waals surface area (Å²) in [6, 6.07) is 10.2. The van der Waals surface area contributed by atoms with Crippen molar-refractivity contribution in [2.75, 3.05) is 25.4 Å². The van der Waals surface area contributed by atoms with Crippen molar-refractivity contribution in [2.24, 2.45) is 11.1 Å². The first-order chi connectivity index (χ1) is 9.13. The minimum absolute atomic E-state index is 0. The molecule has 1 heterocycles. The molecule has 3 nitrogen and oxygen atoms in total. The second kappa shape index (κ2) is 7.91. The van der Waals surface area contributed by atoms with Crippen molar-refractivity contribution < 1.29 is 4.79 Å². The van der Waals surface area contributed by atoms with Gasteiger partial charge < -0.3 is 10.6 Å². The van der Waals surface area contributed by atoms with Gasteiger partial charge in [-0.25, -0.2) is 0 Å². The van der Waals surface area contributed by atoms with Crippen molar-refractivity contribution in [3.8, 4) is 0 Å². The number of nitrogens with two attached hydrogens (primary N) is 1. The maximum atomic E-state index is 12.1. The van der Waals surface area contributed by atoms with Gasteiger partial charge in [0, 0.05) is 30.2 Å². The Bertz CT molecular complexity index is 429. The van der Waals surface area contributed by atoms with Gasteiger partial charge in [-0.1, -0.05) is 25.1 Å². The summed E-state index contributed by atoms with van der Waals surface area (Å²) in [4.78, 5) is 15.3. The van der Waals surface area contributed by atoms with Crippen LogP contribution in [0.15, 0.2) is 35.2 Å². The van der Waals surface area contributed by atoms with E-state index in [9.17, 15) is 4.79 Å². The van der Waals surface area contributed by atoms with Gasteiger partial charge in [0.05, 0.1) is 0 Å². The molecule has 2 rings (SSSR count). The lowest BCUT2D eigenvalue weighted by atomic mass is 9.90. The van der Waals surface area contributed by atoms with Crippen LogP contribution in [-0.4, -0.2) is 36.2 Å². The molecule has 1 aromatic carbocycles. The number of hydrogen-bond donors (Lipinski definition) is 1. The van der Waals surface area contributed by atoms with Gasteiger partial charge in [0.15, 0.2) is 0 Å². The second-order valence-corrected chi connectivity index (χ2v) is 6.66. The molecule has 1 saturated heterocycles. The molecule has 1 amide bonds. The molecule has 0 saturated carbocycles. The van der Waals surface area contributed by atoms with E-state index in [1.54, 1.807) is 11.8 Å². The Hall–Kier alpha value is -0.710. The van der Waals surface area contributed by atoms with Crippen LogP contribution in [0, 0.1) is 5.41 Å². The Morgan fingerprint density at radius 1 is 1.40 bits per heavy atom. The summed E-state index contributed by atoms with van der Waals surface area (Å²) in [7, 11) is 0. The number of rotatable bonds is 5. The summed E-state index contributed by atoms with van der Waals surface area (Å²) >= 11 is 1.74. The van der Waals surface area contributed by atoms with E-state index in [2.05, 4.69) is 19.1 Å². The van der Waals surface area contributed by atoms with E-state index in [-0.39, 0.29) is 23.7 Å². The zero-order chi connectivity index (χ0) is 13.7. The quantitative estimate of drug-likeness (QED) is 0.850. The van der Waals surface area contributed by atoms with E-state index in [1.807, 2.05) is 23.1 Å². The normalized spacial score (nSPS) is 21.6. The van der Waals surface area contributed by atoms with Crippen molar-refractivity contribution in [2.45, 2.75) is 24.7 Å². The third kappa shape index (κ3) is 4.69. The maximum Gasteiger partial charge on any atom is 0.223 e. The number of benzene rings is 1. The van der Waals surface area contributed by atoms with E-state index in [4.69, 9.17) is 5.73 Å². The SMILES string of the molecule is CC1(CN)CCN(C(=O)CCSc2ccccc2)C1.Cl. The molecule has 0 radical (unpaired) electrons. The molecule has 20 heavy (non-hydrogen) atoms. The van der Waals surface area contributed by atoms with Crippen LogP contribution in [0.1, 0.15) is 19.8 Å². The summed E-state index contributed by atoms with van der Waals surface area (Å²) in [5.74, 6) is 1.11. The maximum absolute atomic E-state index is 12.1. The number of thioether (sulfide) groups is 1. The Morgan fingerprint density at radius 2 is 2.10 bits per heavy atom. The highest BCUT2D eigenvalue weighted by atomic mass is 35.5. The molecule has 112 valence electrons.